The van der Waals surface area contributed by atoms with Crippen molar-refractivity contribution in [3.05, 3.63) is 70.2 Å². The molecule has 0 aromatic heterocycles. The van der Waals surface area contributed by atoms with Crippen LogP contribution in [0.25, 0.3) is 0 Å². The Morgan fingerprint density at radius 1 is 1.03 bits per heavy atom. The topological polar surface area (TPSA) is 49.4 Å². The van der Waals surface area contributed by atoms with E-state index in [0.29, 0.717) is 43.3 Å². The van der Waals surface area contributed by atoms with E-state index in [0.717, 1.165) is 17.5 Å². The summed E-state index contributed by atoms with van der Waals surface area (Å²) in [5.41, 5.74) is 3.26. The highest BCUT2D eigenvalue weighted by molar-refractivity contribution is 6.31. The predicted molar refractivity (Wildman–Crippen MR) is 128 cm³/mol. The molecule has 2 rings (SSSR count). The summed E-state index contributed by atoms with van der Waals surface area (Å²) in [4.78, 5) is 27.8. The maximum atomic E-state index is 13.3. The number of nitrogens with one attached hydrogen (secondary N) is 1. The number of aryl methyl sites for hydroxylation is 1. The molecule has 0 radical (unpaired) electrons. The summed E-state index contributed by atoms with van der Waals surface area (Å²) in [6.45, 7) is 9.21. The minimum Gasteiger partial charge on any atom is -0.354 e. The molecule has 2 aromatic carbocycles. The summed E-state index contributed by atoms with van der Waals surface area (Å²) in [5.74, 6) is 0.339. The van der Waals surface area contributed by atoms with Crippen LogP contribution in [-0.2, 0) is 22.6 Å². The molecule has 0 aliphatic heterocycles. The Kier molecular flexibility index (Phi) is 10.1. The number of benzene rings is 2. The molecular weight excluding hydrogens is 408 g/mol. The lowest BCUT2D eigenvalue weighted by atomic mass is 10.00. The van der Waals surface area contributed by atoms with Crippen LogP contribution in [0.4, 0.5) is 0 Å². The molecule has 0 heterocycles. The fourth-order valence-corrected chi connectivity index (χ4v) is 3.76. The Labute approximate surface area is 192 Å². The molecular formula is C26H35ClN2O2. The number of carbonyl (C=O) groups excluding carboxylic acids is 2. The lowest BCUT2D eigenvalue weighted by Gasteiger charge is -2.31. The maximum absolute atomic E-state index is 13.3. The Morgan fingerprint density at radius 3 is 2.29 bits per heavy atom. The van der Waals surface area contributed by atoms with E-state index in [2.05, 4.69) is 43.4 Å². The number of hydrogen-bond acceptors (Lipinski definition) is 2. The molecule has 0 saturated heterocycles. The third-order valence-corrected chi connectivity index (χ3v) is 5.88. The normalized spacial score (nSPS) is 11.9. The number of carbonyl (C=O) groups is 2. The Bertz CT molecular complexity index is 849. The fourth-order valence-electron chi connectivity index (χ4n) is 3.56. The molecule has 1 N–H and O–H groups in total. The van der Waals surface area contributed by atoms with Crippen molar-refractivity contribution in [1.82, 2.24) is 10.2 Å². The number of hydrogen-bond donors (Lipinski definition) is 1. The number of halogens is 1. The molecule has 1 atom stereocenters. The quantitative estimate of drug-likeness (QED) is 0.483. The van der Waals surface area contributed by atoms with Gasteiger partial charge in [-0.2, -0.15) is 0 Å². The smallest absolute Gasteiger partial charge is 0.242 e. The number of rotatable bonds is 11. The summed E-state index contributed by atoms with van der Waals surface area (Å²) >= 11 is 6.36. The van der Waals surface area contributed by atoms with E-state index in [-0.39, 0.29) is 11.8 Å². The highest BCUT2D eigenvalue weighted by Gasteiger charge is 2.28. The lowest BCUT2D eigenvalue weighted by Crippen LogP contribution is -2.49. The molecule has 0 spiro atoms. The average molecular weight is 443 g/mol. The highest BCUT2D eigenvalue weighted by Crippen LogP contribution is 2.21. The van der Waals surface area contributed by atoms with E-state index < -0.39 is 6.04 Å². The summed E-state index contributed by atoms with van der Waals surface area (Å²) in [7, 11) is 0. The summed E-state index contributed by atoms with van der Waals surface area (Å²) in [6.07, 6.45) is 2.40. The van der Waals surface area contributed by atoms with E-state index in [1.807, 2.05) is 38.1 Å². The fraction of sp³-hybridized carbons (Fsp3) is 0.462. The van der Waals surface area contributed by atoms with Crippen LogP contribution in [0.3, 0.4) is 0 Å². The van der Waals surface area contributed by atoms with Gasteiger partial charge in [0.05, 0.1) is 0 Å². The molecule has 0 bridgehead atoms. The molecule has 4 nitrogen and oxygen atoms in total. The van der Waals surface area contributed by atoms with Crippen molar-refractivity contribution in [3.63, 3.8) is 0 Å². The monoisotopic (exact) mass is 442 g/mol. The van der Waals surface area contributed by atoms with E-state index >= 15 is 0 Å². The summed E-state index contributed by atoms with van der Waals surface area (Å²) in [6, 6.07) is 15.4. The predicted octanol–water partition coefficient (Wildman–Crippen LogP) is 5.73. The van der Waals surface area contributed by atoms with Gasteiger partial charge in [-0.3, -0.25) is 9.59 Å². The molecule has 31 heavy (non-hydrogen) atoms. The molecule has 0 fully saturated rings. The first-order valence-electron chi connectivity index (χ1n) is 11.3. The molecule has 2 aromatic rings. The minimum absolute atomic E-state index is 0.0358. The Balaban J connectivity index is 2.18. The zero-order chi connectivity index (χ0) is 22.8. The van der Waals surface area contributed by atoms with Crippen LogP contribution in [0.15, 0.2) is 48.5 Å². The molecule has 5 heteroatoms. The van der Waals surface area contributed by atoms with Crippen LogP contribution in [-0.4, -0.2) is 29.3 Å². The molecule has 0 unspecified atom stereocenters. The van der Waals surface area contributed by atoms with Crippen molar-refractivity contribution in [1.29, 1.82) is 0 Å². The van der Waals surface area contributed by atoms with Crippen LogP contribution < -0.4 is 5.32 Å². The summed E-state index contributed by atoms with van der Waals surface area (Å²) < 4.78 is 0. The second-order valence-electron chi connectivity index (χ2n) is 8.22. The van der Waals surface area contributed by atoms with Crippen LogP contribution in [0, 0.1) is 0 Å². The Hall–Kier alpha value is -2.33. The van der Waals surface area contributed by atoms with Crippen LogP contribution >= 0.6 is 11.6 Å². The molecule has 2 amide bonds. The van der Waals surface area contributed by atoms with Gasteiger partial charge in [0, 0.05) is 24.5 Å². The first-order valence-corrected chi connectivity index (χ1v) is 11.6. The van der Waals surface area contributed by atoms with Crippen molar-refractivity contribution in [3.8, 4) is 0 Å². The van der Waals surface area contributed by atoms with Gasteiger partial charge < -0.3 is 10.2 Å². The zero-order valence-electron chi connectivity index (χ0n) is 19.2. The largest absolute Gasteiger partial charge is 0.354 e. The van der Waals surface area contributed by atoms with Crippen molar-refractivity contribution in [2.45, 2.75) is 71.9 Å². The van der Waals surface area contributed by atoms with Crippen molar-refractivity contribution in [2.75, 3.05) is 6.54 Å². The van der Waals surface area contributed by atoms with Crippen molar-refractivity contribution < 1.29 is 9.59 Å². The first-order chi connectivity index (χ1) is 14.9. The van der Waals surface area contributed by atoms with Crippen molar-refractivity contribution >= 4 is 23.4 Å². The summed E-state index contributed by atoms with van der Waals surface area (Å²) in [5, 5.41) is 3.55. The Morgan fingerprint density at radius 2 is 1.71 bits per heavy atom. The zero-order valence-corrected chi connectivity index (χ0v) is 19.9. The van der Waals surface area contributed by atoms with Gasteiger partial charge in [0.25, 0.3) is 0 Å². The van der Waals surface area contributed by atoms with E-state index in [1.54, 1.807) is 4.90 Å². The third kappa shape index (κ3) is 7.39. The van der Waals surface area contributed by atoms with Gasteiger partial charge in [0.1, 0.15) is 6.04 Å². The minimum atomic E-state index is -0.515. The van der Waals surface area contributed by atoms with Crippen LogP contribution in [0.5, 0.6) is 0 Å². The van der Waals surface area contributed by atoms with Gasteiger partial charge in [0.15, 0.2) is 0 Å². The van der Waals surface area contributed by atoms with Gasteiger partial charge in [-0.05, 0) is 47.9 Å². The lowest BCUT2D eigenvalue weighted by molar-refractivity contribution is -0.141. The molecule has 0 aliphatic rings. The third-order valence-electron chi connectivity index (χ3n) is 5.51. The SMILES string of the molecule is CCCNC(=O)[C@@H](CC)N(Cc1ccccc1Cl)C(=O)CCc1ccc(C(C)C)cc1. The van der Waals surface area contributed by atoms with E-state index in [1.165, 1.54) is 5.56 Å². The van der Waals surface area contributed by atoms with Crippen LogP contribution in [0.2, 0.25) is 5.02 Å². The van der Waals surface area contributed by atoms with Crippen LogP contribution in [0.1, 0.15) is 69.6 Å². The van der Waals surface area contributed by atoms with E-state index in [4.69, 9.17) is 11.6 Å². The van der Waals surface area contributed by atoms with Gasteiger partial charge in [0.2, 0.25) is 11.8 Å². The maximum Gasteiger partial charge on any atom is 0.242 e. The molecule has 168 valence electrons. The van der Waals surface area contributed by atoms with E-state index in [9.17, 15) is 9.59 Å². The van der Waals surface area contributed by atoms with Gasteiger partial charge in [-0.15, -0.1) is 0 Å². The van der Waals surface area contributed by atoms with Gasteiger partial charge >= 0.3 is 0 Å². The number of nitrogens with zero attached hydrogens (tertiary/aromatic N) is 1. The second kappa shape index (κ2) is 12.5. The molecule has 0 saturated carbocycles. The second-order valence-corrected chi connectivity index (χ2v) is 8.63. The van der Waals surface area contributed by atoms with Gasteiger partial charge in [-0.25, -0.2) is 0 Å². The standard InChI is InChI=1S/C26H35ClN2O2/c1-5-17-28-26(31)24(6-2)29(18-22-9-7-8-10-23(22)27)25(30)16-13-20-11-14-21(15-12-20)19(3)4/h7-12,14-15,19,24H,5-6,13,16-18H2,1-4H3,(H,28,31)/t24-/m1/s1. The average Bonchev–Trinajstić information content (AvgIpc) is 2.77. The number of amides is 2. The van der Waals surface area contributed by atoms with Crippen molar-refractivity contribution in [2.24, 2.45) is 0 Å². The molecule has 0 aliphatic carbocycles. The first kappa shape index (κ1) is 24.9. The van der Waals surface area contributed by atoms with Gasteiger partial charge in [-0.1, -0.05) is 81.8 Å². The highest BCUT2D eigenvalue weighted by atomic mass is 35.5.